The van der Waals surface area contributed by atoms with Gasteiger partial charge in [0.05, 0.1) is 13.2 Å². The van der Waals surface area contributed by atoms with Crippen LogP contribution in [-0.4, -0.2) is 35.2 Å². The van der Waals surface area contributed by atoms with E-state index in [0.717, 1.165) is 6.42 Å². The zero-order chi connectivity index (χ0) is 13.8. The summed E-state index contributed by atoms with van der Waals surface area (Å²) in [4.78, 5) is 20.2. The van der Waals surface area contributed by atoms with Crippen molar-refractivity contribution in [2.45, 2.75) is 12.5 Å². The van der Waals surface area contributed by atoms with Crippen LogP contribution in [0.5, 0.6) is 5.88 Å². The van der Waals surface area contributed by atoms with Crippen LogP contribution in [0.3, 0.4) is 0 Å². The van der Waals surface area contributed by atoms with Gasteiger partial charge in [0.2, 0.25) is 5.88 Å². The van der Waals surface area contributed by atoms with Gasteiger partial charge in [0.15, 0.2) is 5.13 Å². The summed E-state index contributed by atoms with van der Waals surface area (Å²) in [6.45, 7) is 1.27. The minimum atomic E-state index is -0.227. The van der Waals surface area contributed by atoms with E-state index in [4.69, 9.17) is 9.47 Å². The molecule has 1 aliphatic rings. The third-order valence-corrected chi connectivity index (χ3v) is 3.51. The number of nitrogens with one attached hydrogen (secondary N) is 1. The van der Waals surface area contributed by atoms with E-state index in [-0.39, 0.29) is 12.0 Å². The number of carbonyl (C=O) groups is 1. The van der Waals surface area contributed by atoms with Gasteiger partial charge in [-0.1, -0.05) is 0 Å². The SMILES string of the molecule is O=C(Nc1nccs1)c1ccnc(O[C@H]2CCOC2)c1. The quantitative estimate of drug-likeness (QED) is 0.932. The molecule has 20 heavy (non-hydrogen) atoms. The number of anilines is 1. The highest BCUT2D eigenvalue weighted by atomic mass is 32.1. The minimum absolute atomic E-state index is 0.0137. The average molecular weight is 291 g/mol. The van der Waals surface area contributed by atoms with Crippen LogP contribution >= 0.6 is 11.3 Å². The van der Waals surface area contributed by atoms with Crippen molar-refractivity contribution in [1.29, 1.82) is 0 Å². The highest BCUT2D eigenvalue weighted by Gasteiger charge is 2.18. The number of hydrogen-bond acceptors (Lipinski definition) is 6. The number of amides is 1. The van der Waals surface area contributed by atoms with Crippen LogP contribution in [-0.2, 0) is 4.74 Å². The fourth-order valence-corrected chi connectivity index (χ4v) is 2.37. The van der Waals surface area contributed by atoms with Gasteiger partial charge in [-0.25, -0.2) is 9.97 Å². The van der Waals surface area contributed by atoms with E-state index in [9.17, 15) is 4.79 Å². The molecule has 0 bridgehead atoms. The van der Waals surface area contributed by atoms with Crippen molar-refractivity contribution in [2.24, 2.45) is 0 Å². The van der Waals surface area contributed by atoms with Crippen LogP contribution in [0.1, 0.15) is 16.8 Å². The van der Waals surface area contributed by atoms with Crippen LogP contribution in [0.25, 0.3) is 0 Å². The molecule has 0 unspecified atom stereocenters. The Kier molecular flexibility index (Phi) is 3.89. The number of aromatic nitrogens is 2. The van der Waals surface area contributed by atoms with Crippen LogP contribution in [0.2, 0.25) is 0 Å². The fourth-order valence-electron chi connectivity index (χ4n) is 1.85. The van der Waals surface area contributed by atoms with Gasteiger partial charge < -0.3 is 9.47 Å². The third kappa shape index (κ3) is 3.12. The Balaban J connectivity index is 1.68. The van der Waals surface area contributed by atoms with E-state index in [1.54, 1.807) is 29.9 Å². The molecule has 2 aromatic rings. The predicted molar refractivity (Wildman–Crippen MR) is 74.2 cm³/mol. The summed E-state index contributed by atoms with van der Waals surface area (Å²) in [5.74, 6) is 0.210. The van der Waals surface area contributed by atoms with Crippen molar-refractivity contribution in [3.8, 4) is 5.88 Å². The smallest absolute Gasteiger partial charge is 0.257 e. The first kappa shape index (κ1) is 13.0. The summed E-state index contributed by atoms with van der Waals surface area (Å²) in [5, 5.41) is 5.09. The fraction of sp³-hybridized carbons (Fsp3) is 0.308. The second-order valence-corrected chi connectivity index (χ2v) is 5.17. The maximum Gasteiger partial charge on any atom is 0.257 e. The van der Waals surface area contributed by atoms with Crippen LogP contribution in [0, 0.1) is 0 Å². The third-order valence-electron chi connectivity index (χ3n) is 2.83. The minimum Gasteiger partial charge on any atom is -0.472 e. The number of carbonyl (C=O) groups excluding carboxylic acids is 1. The molecule has 3 rings (SSSR count). The Hall–Kier alpha value is -1.99. The number of rotatable bonds is 4. The lowest BCUT2D eigenvalue weighted by Gasteiger charge is -2.11. The first-order chi connectivity index (χ1) is 9.81. The molecule has 1 aliphatic heterocycles. The van der Waals surface area contributed by atoms with Crippen molar-refractivity contribution in [3.05, 3.63) is 35.5 Å². The summed E-state index contributed by atoms with van der Waals surface area (Å²) in [6, 6.07) is 3.27. The number of nitrogens with zero attached hydrogens (tertiary/aromatic N) is 2. The Morgan fingerprint density at radius 3 is 3.15 bits per heavy atom. The lowest BCUT2D eigenvalue weighted by molar-refractivity contribution is 0.102. The lowest BCUT2D eigenvalue weighted by Crippen LogP contribution is -2.17. The molecule has 3 heterocycles. The maximum atomic E-state index is 12.0. The molecule has 104 valence electrons. The number of pyridine rings is 1. The van der Waals surface area contributed by atoms with Gasteiger partial charge >= 0.3 is 0 Å². The second-order valence-electron chi connectivity index (χ2n) is 4.28. The van der Waals surface area contributed by atoms with Gasteiger partial charge in [-0.05, 0) is 6.07 Å². The molecule has 0 radical (unpaired) electrons. The lowest BCUT2D eigenvalue weighted by atomic mass is 10.2. The van der Waals surface area contributed by atoms with E-state index in [2.05, 4.69) is 15.3 Å². The molecule has 1 atom stereocenters. The molecular formula is C13H13N3O3S. The van der Waals surface area contributed by atoms with Crippen molar-refractivity contribution < 1.29 is 14.3 Å². The van der Waals surface area contributed by atoms with Crippen molar-refractivity contribution in [1.82, 2.24) is 9.97 Å². The number of ether oxygens (including phenoxy) is 2. The zero-order valence-electron chi connectivity index (χ0n) is 10.6. The normalized spacial score (nSPS) is 17.9. The van der Waals surface area contributed by atoms with Gasteiger partial charge in [0, 0.05) is 35.8 Å². The Morgan fingerprint density at radius 1 is 1.45 bits per heavy atom. The molecule has 7 heteroatoms. The van der Waals surface area contributed by atoms with Crippen molar-refractivity contribution in [3.63, 3.8) is 0 Å². The first-order valence-corrected chi connectivity index (χ1v) is 7.10. The molecule has 2 aromatic heterocycles. The Labute approximate surface area is 119 Å². The Morgan fingerprint density at radius 2 is 2.40 bits per heavy atom. The summed E-state index contributed by atoms with van der Waals surface area (Å²) >= 11 is 1.37. The van der Waals surface area contributed by atoms with E-state index >= 15 is 0 Å². The molecule has 0 spiro atoms. The largest absolute Gasteiger partial charge is 0.472 e. The molecule has 0 aromatic carbocycles. The molecule has 0 saturated carbocycles. The zero-order valence-corrected chi connectivity index (χ0v) is 11.4. The molecule has 1 saturated heterocycles. The van der Waals surface area contributed by atoms with Gasteiger partial charge in [0.25, 0.3) is 5.91 Å². The average Bonchev–Trinajstić information content (AvgIpc) is 3.12. The number of hydrogen-bond donors (Lipinski definition) is 1. The van der Waals surface area contributed by atoms with Crippen molar-refractivity contribution in [2.75, 3.05) is 18.5 Å². The summed E-state index contributed by atoms with van der Waals surface area (Å²) < 4.78 is 10.9. The van der Waals surface area contributed by atoms with Crippen LogP contribution < -0.4 is 10.1 Å². The van der Waals surface area contributed by atoms with E-state index in [0.29, 0.717) is 29.8 Å². The molecule has 1 N–H and O–H groups in total. The standard InChI is InChI=1S/C13H13N3O3S/c17-12(16-13-15-4-6-20-13)9-1-3-14-11(7-9)19-10-2-5-18-8-10/h1,3-4,6-7,10H,2,5,8H2,(H,15,16,17)/t10-/m0/s1. The van der Waals surface area contributed by atoms with E-state index < -0.39 is 0 Å². The highest BCUT2D eigenvalue weighted by Crippen LogP contribution is 2.17. The monoisotopic (exact) mass is 291 g/mol. The summed E-state index contributed by atoms with van der Waals surface area (Å²) in [7, 11) is 0. The highest BCUT2D eigenvalue weighted by molar-refractivity contribution is 7.13. The van der Waals surface area contributed by atoms with Gasteiger partial charge in [0.1, 0.15) is 6.10 Å². The maximum absolute atomic E-state index is 12.0. The second kappa shape index (κ2) is 5.98. The summed E-state index contributed by atoms with van der Waals surface area (Å²) in [5.41, 5.74) is 0.490. The van der Waals surface area contributed by atoms with Crippen LogP contribution in [0.4, 0.5) is 5.13 Å². The molecule has 6 nitrogen and oxygen atoms in total. The predicted octanol–water partition coefficient (Wildman–Crippen LogP) is 1.96. The van der Waals surface area contributed by atoms with Crippen molar-refractivity contribution >= 4 is 22.4 Å². The number of thiazole rings is 1. The van der Waals surface area contributed by atoms with E-state index in [1.165, 1.54) is 11.3 Å². The molecule has 0 aliphatic carbocycles. The first-order valence-electron chi connectivity index (χ1n) is 6.22. The van der Waals surface area contributed by atoms with Gasteiger partial charge in [-0.15, -0.1) is 11.3 Å². The Bertz CT molecular complexity index is 582. The van der Waals surface area contributed by atoms with Gasteiger partial charge in [-0.3, -0.25) is 10.1 Å². The molecule has 1 amide bonds. The topological polar surface area (TPSA) is 73.3 Å². The van der Waals surface area contributed by atoms with Crippen LogP contribution in [0.15, 0.2) is 29.9 Å². The van der Waals surface area contributed by atoms with Gasteiger partial charge in [-0.2, -0.15) is 0 Å². The van der Waals surface area contributed by atoms with E-state index in [1.807, 2.05) is 0 Å². The summed E-state index contributed by atoms with van der Waals surface area (Å²) in [6.07, 6.45) is 4.06. The molecular weight excluding hydrogens is 278 g/mol. The molecule has 1 fully saturated rings.